The fourth-order valence-electron chi connectivity index (χ4n) is 6.33. The molecule has 1 fully saturated rings. The SMILES string of the molecule is C.CC(C)[C@H](CN1CCC(C2=CCC(Cl)CC2)C(C)(C)C1)NCC1C=C(NCCN(C)C)CC(Cl)C1.O.O.O.O. The summed E-state index contributed by atoms with van der Waals surface area (Å²) in [5, 5.41) is 8.15. The lowest BCUT2D eigenvalue weighted by molar-refractivity contribution is 0.0595. The topological polar surface area (TPSA) is 157 Å². The van der Waals surface area contributed by atoms with Crippen molar-refractivity contribution in [3.05, 3.63) is 23.4 Å². The van der Waals surface area contributed by atoms with Crippen LogP contribution >= 0.6 is 23.2 Å². The van der Waals surface area contributed by atoms with Crippen molar-refractivity contribution >= 4 is 23.2 Å². The van der Waals surface area contributed by atoms with E-state index in [4.69, 9.17) is 23.2 Å². The van der Waals surface area contributed by atoms with E-state index >= 15 is 0 Å². The molecule has 242 valence electrons. The molecule has 0 aromatic rings. The van der Waals surface area contributed by atoms with Crippen molar-refractivity contribution in [2.45, 2.75) is 90.4 Å². The molecule has 0 aromatic carbocycles. The van der Waals surface area contributed by atoms with Crippen LogP contribution in [0, 0.1) is 23.2 Å². The summed E-state index contributed by atoms with van der Waals surface area (Å²) in [5.41, 5.74) is 3.32. The van der Waals surface area contributed by atoms with Gasteiger partial charge >= 0.3 is 0 Å². The number of likely N-dealkylation sites (tertiary alicyclic amines) is 1. The molecule has 1 aliphatic heterocycles. The zero-order valence-corrected chi connectivity index (χ0v) is 26.8. The van der Waals surface area contributed by atoms with Crippen LogP contribution in [-0.4, -0.2) is 102 Å². The maximum Gasteiger partial charge on any atom is 0.0396 e. The first-order valence-electron chi connectivity index (χ1n) is 14.1. The van der Waals surface area contributed by atoms with Crippen LogP contribution in [0.25, 0.3) is 0 Å². The van der Waals surface area contributed by atoms with Gasteiger partial charge in [-0.15, -0.1) is 23.2 Å². The standard InChI is InChI=1S/C29H52Cl2N4.CH4.4H2O/c1-21(2)28(33-18-22-15-25(31)17-26(16-22)32-12-14-34(5)6)19-35-13-11-27(29(3,4)20-35)23-7-9-24(30)10-8-23;;;;;/h7,16,21-22,24-25,27-28,32-33H,8-15,17-20H2,1-6H3;1H4;4*1H2/t22?,24?,25?,27?,28-;;;;;/m0...../s1. The Hall–Kier alpha value is -0.420. The summed E-state index contributed by atoms with van der Waals surface area (Å²) in [5.74, 6) is 1.81. The average Bonchev–Trinajstić information content (AvgIpc) is 2.76. The van der Waals surface area contributed by atoms with E-state index < -0.39 is 0 Å². The normalized spacial score (nSPS) is 26.9. The Kier molecular flexibility index (Phi) is 22.5. The number of nitrogens with one attached hydrogen (secondary N) is 2. The van der Waals surface area contributed by atoms with E-state index in [1.807, 2.05) is 0 Å². The minimum absolute atomic E-state index is 0. The van der Waals surface area contributed by atoms with Crippen LogP contribution in [0.2, 0.25) is 0 Å². The molecule has 1 heterocycles. The molecule has 10 N–H and O–H groups in total. The Balaban J connectivity index is -0.00000274. The fourth-order valence-corrected chi connectivity index (χ4v) is 6.92. The van der Waals surface area contributed by atoms with Crippen LogP contribution in [0.4, 0.5) is 0 Å². The summed E-state index contributed by atoms with van der Waals surface area (Å²) in [4.78, 5) is 4.93. The van der Waals surface area contributed by atoms with Crippen LogP contribution < -0.4 is 10.6 Å². The first-order chi connectivity index (χ1) is 16.5. The van der Waals surface area contributed by atoms with Crippen LogP contribution in [0.3, 0.4) is 0 Å². The molecule has 10 heteroatoms. The van der Waals surface area contributed by atoms with Gasteiger partial charge in [0.2, 0.25) is 0 Å². The highest BCUT2D eigenvalue weighted by Gasteiger charge is 2.39. The molecule has 4 unspecified atom stereocenters. The Morgan fingerprint density at radius 3 is 2.30 bits per heavy atom. The highest BCUT2D eigenvalue weighted by Crippen LogP contribution is 2.43. The van der Waals surface area contributed by atoms with Gasteiger partial charge in [-0.25, -0.2) is 0 Å². The second-order valence-corrected chi connectivity index (χ2v) is 13.9. The van der Waals surface area contributed by atoms with Gasteiger partial charge in [0.05, 0.1) is 0 Å². The zero-order chi connectivity index (χ0) is 25.6. The van der Waals surface area contributed by atoms with Gasteiger partial charge in [-0.3, -0.25) is 0 Å². The van der Waals surface area contributed by atoms with Crippen molar-refractivity contribution in [3.8, 4) is 0 Å². The van der Waals surface area contributed by atoms with Crippen molar-refractivity contribution in [1.82, 2.24) is 20.4 Å². The molecule has 40 heavy (non-hydrogen) atoms. The molecule has 3 aliphatic rings. The maximum atomic E-state index is 6.66. The molecule has 0 spiro atoms. The molecule has 2 aliphatic carbocycles. The van der Waals surface area contributed by atoms with Crippen LogP contribution in [0.5, 0.6) is 0 Å². The number of halogens is 2. The fraction of sp³-hybridized carbons (Fsp3) is 0.867. The van der Waals surface area contributed by atoms with Gasteiger partial charge in [-0.05, 0) is 75.9 Å². The number of hydrogen-bond acceptors (Lipinski definition) is 4. The minimum Gasteiger partial charge on any atom is -0.412 e. The Morgan fingerprint density at radius 1 is 1.07 bits per heavy atom. The summed E-state index contributed by atoms with van der Waals surface area (Å²) < 4.78 is 0. The molecule has 1 saturated heterocycles. The van der Waals surface area contributed by atoms with Crippen molar-refractivity contribution in [2.75, 3.05) is 53.4 Å². The van der Waals surface area contributed by atoms with Crippen molar-refractivity contribution in [2.24, 2.45) is 23.2 Å². The summed E-state index contributed by atoms with van der Waals surface area (Å²) in [6, 6.07) is 0.502. The number of piperidine rings is 1. The lowest BCUT2D eigenvalue weighted by Gasteiger charge is -2.47. The smallest absolute Gasteiger partial charge is 0.0396 e. The van der Waals surface area contributed by atoms with E-state index in [2.05, 4.69) is 74.4 Å². The summed E-state index contributed by atoms with van der Waals surface area (Å²) in [6.45, 7) is 16.2. The van der Waals surface area contributed by atoms with Crippen LogP contribution in [-0.2, 0) is 0 Å². The molecule has 8 nitrogen and oxygen atoms in total. The third-order valence-corrected chi connectivity index (χ3v) is 9.12. The lowest BCUT2D eigenvalue weighted by atomic mass is 9.68. The highest BCUT2D eigenvalue weighted by molar-refractivity contribution is 6.21. The molecule has 5 atom stereocenters. The maximum absolute atomic E-state index is 6.66. The minimum atomic E-state index is 0. The molecule has 0 radical (unpaired) electrons. The monoisotopic (exact) mass is 614 g/mol. The van der Waals surface area contributed by atoms with Crippen molar-refractivity contribution in [3.63, 3.8) is 0 Å². The van der Waals surface area contributed by atoms with Gasteiger partial charge in [0.1, 0.15) is 0 Å². The Bertz CT molecular complexity index is 736. The van der Waals surface area contributed by atoms with E-state index in [-0.39, 0.29) is 34.7 Å². The second-order valence-electron chi connectivity index (χ2n) is 12.7. The quantitative estimate of drug-likeness (QED) is 0.271. The largest absolute Gasteiger partial charge is 0.412 e. The molecule has 0 aromatic heterocycles. The van der Waals surface area contributed by atoms with E-state index in [9.17, 15) is 0 Å². The van der Waals surface area contributed by atoms with Gasteiger partial charge in [0, 0.05) is 61.6 Å². The van der Waals surface area contributed by atoms with E-state index in [0.29, 0.717) is 34.6 Å². The number of hydrogen-bond donors (Lipinski definition) is 2. The number of rotatable bonds is 11. The summed E-state index contributed by atoms with van der Waals surface area (Å²) in [6.07, 6.45) is 11.6. The second kappa shape index (κ2) is 20.5. The van der Waals surface area contributed by atoms with Gasteiger partial charge in [0.25, 0.3) is 0 Å². The molecule has 3 rings (SSSR count). The van der Waals surface area contributed by atoms with Crippen molar-refractivity contribution < 1.29 is 21.9 Å². The lowest BCUT2D eigenvalue weighted by Crippen LogP contribution is -2.52. The van der Waals surface area contributed by atoms with Gasteiger partial charge in [-0.2, -0.15) is 0 Å². The number of allylic oxidation sites excluding steroid dienone is 3. The number of likely N-dealkylation sites (N-methyl/N-ethyl adjacent to an activating group) is 1. The van der Waals surface area contributed by atoms with Crippen LogP contribution in [0.1, 0.15) is 73.6 Å². The van der Waals surface area contributed by atoms with Gasteiger partial charge in [-0.1, -0.05) is 52.8 Å². The number of nitrogens with zero attached hydrogens (tertiary/aromatic N) is 2. The van der Waals surface area contributed by atoms with Gasteiger partial charge < -0.3 is 42.3 Å². The Labute approximate surface area is 255 Å². The third-order valence-electron chi connectivity index (χ3n) is 8.39. The van der Waals surface area contributed by atoms with E-state index in [0.717, 1.165) is 51.9 Å². The van der Waals surface area contributed by atoms with E-state index in [1.165, 1.54) is 31.6 Å². The van der Waals surface area contributed by atoms with E-state index in [1.54, 1.807) is 5.57 Å². The Morgan fingerprint density at radius 2 is 1.75 bits per heavy atom. The zero-order valence-electron chi connectivity index (χ0n) is 25.3. The molecule has 0 bridgehead atoms. The highest BCUT2D eigenvalue weighted by atomic mass is 35.5. The average molecular weight is 616 g/mol. The van der Waals surface area contributed by atoms with Crippen LogP contribution in [0.15, 0.2) is 23.4 Å². The summed E-state index contributed by atoms with van der Waals surface area (Å²) >= 11 is 13.0. The molecular weight excluding hydrogens is 551 g/mol. The predicted molar refractivity (Wildman–Crippen MR) is 175 cm³/mol. The molecular formula is C30H64Cl2N4O4. The first-order valence-corrected chi connectivity index (χ1v) is 14.9. The van der Waals surface area contributed by atoms with Gasteiger partial charge in [0.15, 0.2) is 0 Å². The summed E-state index contributed by atoms with van der Waals surface area (Å²) in [7, 11) is 4.24. The predicted octanol–water partition coefficient (Wildman–Crippen LogP) is 3.06. The molecule has 0 amide bonds. The third kappa shape index (κ3) is 13.7. The van der Waals surface area contributed by atoms with Crippen molar-refractivity contribution in [1.29, 1.82) is 0 Å². The first kappa shape index (κ1) is 44.0. The number of alkyl halides is 2. The molecule has 0 saturated carbocycles.